The van der Waals surface area contributed by atoms with E-state index in [0.717, 1.165) is 4.68 Å². The lowest BCUT2D eigenvalue weighted by molar-refractivity contribution is -0.637. The number of furan rings is 1. The van der Waals surface area contributed by atoms with E-state index in [4.69, 9.17) is 10.2 Å². The Balaban J connectivity index is 1.87. The van der Waals surface area contributed by atoms with Crippen LogP contribution in [0.2, 0.25) is 0 Å². The van der Waals surface area contributed by atoms with Crippen molar-refractivity contribution in [1.29, 1.82) is 0 Å². The molecule has 2 aliphatic rings. The molecule has 0 radical (unpaired) electrons. The molecule has 0 aliphatic carbocycles. The molecule has 136 valence electrons. The summed E-state index contributed by atoms with van der Waals surface area (Å²) in [6, 6.07) is 2.95. The number of hydrogen-bond donors (Lipinski definition) is 3. The second-order valence-corrected chi connectivity index (χ2v) is 5.63. The van der Waals surface area contributed by atoms with Gasteiger partial charge in [0.1, 0.15) is 11.5 Å². The van der Waals surface area contributed by atoms with E-state index in [2.05, 4.69) is 25.4 Å². The number of rotatable bonds is 1. The maximum absolute atomic E-state index is 13.7. The second-order valence-electron chi connectivity index (χ2n) is 5.63. The highest BCUT2D eigenvalue weighted by Gasteiger charge is 2.67. The van der Waals surface area contributed by atoms with Crippen LogP contribution in [-0.4, -0.2) is 49.6 Å². The molecule has 13 heteroatoms. The summed E-state index contributed by atoms with van der Waals surface area (Å²) in [5.74, 6) is -0.0268. The number of aromatic nitrogens is 3. The lowest BCUT2D eigenvalue weighted by Gasteiger charge is -2.29. The molecule has 0 saturated carbocycles. The number of H-pyrrole nitrogens is 1. The minimum Gasteiger partial charge on any atom is -0.463 e. The van der Waals surface area contributed by atoms with Crippen LogP contribution in [0.15, 0.2) is 44.4 Å². The molecule has 4 heterocycles. The van der Waals surface area contributed by atoms with Gasteiger partial charge in [0.2, 0.25) is 5.82 Å². The summed E-state index contributed by atoms with van der Waals surface area (Å²) < 4.78 is 47.3. The molecule has 2 aromatic rings. The van der Waals surface area contributed by atoms with Crippen molar-refractivity contribution in [1.82, 2.24) is 15.1 Å². The Labute approximate surface area is 143 Å². The van der Waals surface area contributed by atoms with Crippen molar-refractivity contribution >= 4 is 17.5 Å². The fraction of sp³-hybridized carbons (Fsp3) is 0.308. The first kappa shape index (κ1) is 16.3. The summed E-state index contributed by atoms with van der Waals surface area (Å²) in [6.07, 6.45) is -3.29. The third kappa shape index (κ3) is 2.35. The van der Waals surface area contributed by atoms with Gasteiger partial charge in [-0.05, 0) is 12.1 Å². The predicted molar refractivity (Wildman–Crippen MR) is 79.6 cm³/mol. The standard InChI is InChI=1S/C13H11F3N8O2/c14-13(15,16)12(25)5-7(8-2-1-3-26-8)22-24(12)11-21-20-9(17)4-10-18-6-19-23(10)11/h1-3,6,25H,4-5H2,(H2,17,20)/p+1/t12-/m1/s1. The Bertz CT molecular complexity index is 930. The molecule has 1 atom stereocenters. The summed E-state index contributed by atoms with van der Waals surface area (Å²) in [4.78, 5) is 3.98. The Morgan fingerprint density at radius 2 is 2.19 bits per heavy atom. The van der Waals surface area contributed by atoms with E-state index in [0.29, 0.717) is 5.01 Å². The highest BCUT2D eigenvalue weighted by atomic mass is 19.4. The van der Waals surface area contributed by atoms with Crippen molar-refractivity contribution in [3.63, 3.8) is 0 Å². The molecule has 0 fully saturated rings. The van der Waals surface area contributed by atoms with Crippen molar-refractivity contribution in [2.24, 2.45) is 21.0 Å². The van der Waals surface area contributed by atoms with Crippen LogP contribution in [0, 0.1) is 0 Å². The number of fused-ring (bicyclic) bond motifs is 1. The zero-order valence-corrected chi connectivity index (χ0v) is 13.0. The largest absolute Gasteiger partial charge is 0.463 e. The molecule has 0 spiro atoms. The third-order valence-electron chi connectivity index (χ3n) is 3.90. The van der Waals surface area contributed by atoms with Gasteiger partial charge in [-0.3, -0.25) is 0 Å². The number of aliphatic hydroxyl groups is 1. The number of alkyl halides is 3. The maximum atomic E-state index is 13.7. The first-order valence-corrected chi connectivity index (χ1v) is 7.35. The third-order valence-corrected chi connectivity index (χ3v) is 3.90. The molecule has 2 aliphatic heterocycles. The zero-order chi connectivity index (χ0) is 18.5. The van der Waals surface area contributed by atoms with Crippen LogP contribution in [0.4, 0.5) is 13.2 Å². The first-order chi connectivity index (χ1) is 12.3. The first-order valence-electron chi connectivity index (χ1n) is 7.35. The van der Waals surface area contributed by atoms with Crippen LogP contribution in [0.3, 0.4) is 0 Å². The van der Waals surface area contributed by atoms with E-state index in [9.17, 15) is 18.3 Å². The smallest absolute Gasteiger partial charge is 0.450 e. The topological polar surface area (TPSA) is 132 Å². The van der Waals surface area contributed by atoms with Gasteiger partial charge in [-0.25, -0.2) is 5.10 Å². The summed E-state index contributed by atoms with van der Waals surface area (Å²) >= 11 is 0. The summed E-state index contributed by atoms with van der Waals surface area (Å²) in [7, 11) is 0. The predicted octanol–water partition coefficient (Wildman–Crippen LogP) is -0.317. The minimum absolute atomic E-state index is 0.0471. The van der Waals surface area contributed by atoms with Gasteiger partial charge in [0.25, 0.3) is 0 Å². The number of hydrazone groups is 1. The molecule has 0 bridgehead atoms. The van der Waals surface area contributed by atoms with Gasteiger partial charge < -0.3 is 15.3 Å². The van der Waals surface area contributed by atoms with Crippen LogP contribution in [0.25, 0.3) is 0 Å². The van der Waals surface area contributed by atoms with Crippen molar-refractivity contribution in [3.8, 4) is 0 Å². The maximum Gasteiger partial charge on any atom is 0.450 e. The molecule has 2 aromatic heterocycles. The van der Waals surface area contributed by atoms with E-state index in [1.807, 2.05) is 0 Å². The van der Waals surface area contributed by atoms with Gasteiger partial charge in [0, 0.05) is 5.10 Å². The molecule has 26 heavy (non-hydrogen) atoms. The second kappa shape index (κ2) is 5.39. The fourth-order valence-corrected chi connectivity index (χ4v) is 2.64. The molecule has 10 nitrogen and oxygen atoms in total. The molecule has 0 unspecified atom stereocenters. The van der Waals surface area contributed by atoms with Gasteiger partial charge in [-0.2, -0.15) is 13.2 Å². The van der Waals surface area contributed by atoms with E-state index in [1.54, 1.807) is 0 Å². The number of nitrogens with zero attached hydrogens (tertiary/aromatic N) is 6. The monoisotopic (exact) mass is 369 g/mol. The van der Waals surface area contributed by atoms with Gasteiger partial charge in [0.05, 0.1) is 19.1 Å². The number of nitrogens with two attached hydrogens (primary N) is 1. The zero-order valence-electron chi connectivity index (χ0n) is 13.0. The number of nitrogens with one attached hydrogen (secondary N) is 1. The molecule has 0 aromatic carbocycles. The minimum atomic E-state index is -5.05. The van der Waals surface area contributed by atoms with E-state index in [-0.39, 0.29) is 29.6 Å². The number of halogens is 3. The van der Waals surface area contributed by atoms with Gasteiger partial charge in [0.15, 0.2) is 12.1 Å². The van der Waals surface area contributed by atoms with Gasteiger partial charge in [-0.15, -0.1) is 19.8 Å². The van der Waals surface area contributed by atoms with E-state index >= 15 is 0 Å². The highest BCUT2D eigenvalue weighted by molar-refractivity contribution is 6.01. The molecular formula is C13H12F3N8O2+. The molecule has 4 N–H and O–H groups in total. The Morgan fingerprint density at radius 3 is 2.88 bits per heavy atom. The summed E-state index contributed by atoms with van der Waals surface area (Å²) in [5.41, 5.74) is 2.20. The Kier molecular flexibility index (Phi) is 3.37. The average molecular weight is 369 g/mol. The molecule has 4 rings (SSSR count). The number of aromatic amines is 1. The average Bonchev–Trinajstić information content (AvgIpc) is 3.27. The molecule has 0 saturated heterocycles. The lowest BCUT2D eigenvalue weighted by Crippen LogP contribution is -2.65. The quantitative estimate of drug-likeness (QED) is 0.593. The van der Waals surface area contributed by atoms with Crippen LogP contribution < -0.4 is 10.4 Å². The van der Waals surface area contributed by atoms with Crippen molar-refractivity contribution in [3.05, 3.63) is 36.3 Å². The van der Waals surface area contributed by atoms with Gasteiger partial charge in [-0.1, -0.05) is 5.10 Å². The SMILES string of the molecule is NC1=NN=C(N2N=C(c3ccco3)C[C@@]2(O)C(F)(F)F)[n+]2[nH]cnc2C1. The number of amidine groups is 1. The van der Waals surface area contributed by atoms with Crippen LogP contribution >= 0.6 is 0 Å². The van der Waals surface area contributed by atoms with Crippen LogP contribution in [0.1, 0.15) is 18.0 Å². The van der Waals surface area contributed by atoms with Crippen molar-refractivity contribution in [2.75, 3.05) is 0 Å². The Morgan fingerprint density at radius 1 is 1.38 bits per heavy atom. The number of hydrogen-bond acceptors (Lipinski definition) is 8. The normalized spacial score (nSPS) is 23.2. The van der Waals surface area contributed by atoms with Crippen molar-refractivity contribution < 1.29 is 27.4 Å². The summed E-state index contributed by atoms with van der Waals surface area (Å²) in [6.45, 7) is 0. The lowest BCUT2D eigenvalue weighted by atomic mass is 10.1. The highest BCUT2D eigenvalue weighted by Crippen LogP contribution is 2.41. The Hall–Kier alpha value is -3.22. The van der Waals surface area contributed by atoms with Crippen molar-refractivity contribution in [2.45, 2.75) is 24.7 Å². The summed E-state index contributed by atoms with van der Waals surface area (Å²) in [5, 5.41) is 24.7. The molecular weight excluding hydrogens is 357 g/mol. The van der Waals surface area contributed by atoms with Crippen LogP contribution in [0.5, 0.6) is 0 Å². The van der Waals surface area contributed by atoms with E-state index in [1.165, 1.54) is 24.7 Å². The molecule has 0 amide bonds. The fourth-order valence-electron chi connectivity index (χ4n) is 2.64. The van der Waals surface area contributed by atoms with E-state index < -0.39 is 24.3 Å². The van der Waals surface area contributed by atoms with Crippen LogP contribution in [-0.2, 0) is 6.42 Å². The van der Waals surface area contributed by atoms with Gasteiger partial charge >= 0.3 is 17.9 Å².